The van der Waals surface area contributed by atoms with E-state index in [1.807, 2.05) is 0 Å². The van der Waals surface area contributed by atoms with Crippen LogP contribution >= 0.6 is 0 Å². The molecular formula is C22H19F3N2O3S. The van der Waals surface area contributed by atoms with Crippen LogP contribution in [0.4, 0.5) is 24.5 Å². The number of anilines is 2. The minimum Gasteiger partial charge on any atom is -0.375 e. The summed E-state index contributed by atoms with van der Waals surface area (Å²) in [5.74, 6) is -0.750. The van der Waals surface area contributed by atoms with E-state index in [1.54, 1.807) is 31.2 Å². The van der Waals surface area contributed by atoms with Gasteiger partial charge in [-0.2, -0.15) is 13.2 Å². The number of nitrogens with one attached hydrogen (secondary N) is 2. The van der Waals surface area contributed by atoms with Crippen LogP contribution in [0.5, 0.6) is 0 Å². The van der Waals surface area contributed by atoms with Gasteiger partial charge in [-0.1, -0.05) is 36.4 Å². The second kappa shape index (κ2) is 8.81. The molecule has 0 aliphatic carbocycles. The van der Waals surface area contributed by atoms with Crippen LogP contribution in [-0.4, -0.2) is 20.9 Å². The molecule has 3 aromatic carbocycles. The van der Waals surface area contributed by atoms with Gasteiger partial charge in [0.25, 0.3) is 0 Å². The van der Waals surface area contributed by atoms with Gasteiger partial charge in [-0.05, 0) is 48.9 Å². The van der Waals surface area contributed by atoms with Crippen molar-refractivity contribution in [1.82, 2.24) is 0 Å². The van der Waals surface area contributed by atoms with Crippen LogP contribution in [0.25, 0.3) is 0 Å². The highest BCUT2D eigenvalue weighted by Crippen LogP contribution is 2.34. The second-order valence-electron chi connectivity index (χ2n) is 6.76. The molecule has 3 aromatic rings. The fourth-order valence-corrected chi connectivity index (χ4v) is 4.47. The van der Waals surface area contributed by atoms with E-state index in [0.717, 1.165) is 12.1 Å². The number of aryl methyl sites for hydroxylation is 1. The number of carbonyl (C=O) groups excluding carboxylic acids is 1. The zero-order valence-corrected chi connectivity index (χ0v) is 17.2. The summed E-state index contributed by atoms with van der Waals surface area (Å²) in [6.07, 6.45) is -4.62. The molecule has 0 unspecified atom stereocenters. The minimum atomic E-state index is -4.62. The van der Waals surface area contributed by atoms with Gasteiger partial charge in [0.15, 0.2) is 0 Å². The van der Waals surface area contributed by atoms with Gasteiger partial charge in [-0.15, -0.1) is 0 Å². The Kier molecular flexibility index (Phi) is 6.35. The summed E-state index contributed by atoms with van der Waals surface area (Å²) in [5, 5.41) is 4.94. The molecule has 0 radical (unpaired) electrons. The predicted molar refractivity (Wildman–Crippen MR) is 112 cm³/mol. The van der Waals surface area contributed by atoms with Gasteiger partial charge in [0.2, 0.25) is 15.7 Å². The number of halogens is 3. The molecule has 0 saturated carbocycles. The maximum Gasteiger partial charge on any atom is 0.418 e. The normalized spacial score (nSPS) is 11.7. The smallest absolute Gasteiger partial charge is 0.375 e. The molecule has 1 amide bonds. The maximum atomic E-state index is 13.1. The van der Waals surface area contributed by atoms with Crippen molar-refractivity contribution in [2.75, 3.05) is 17.2 Å². The third-order valence-corrected chi connectivity index (χ3v) is 6.24. The Bertz CT molecular complexity index is 1190. The number of alkyl halides is 3. The maximum absolute atomic E-state index is 13.1. The molecule has 2 N–H and O–H groups in total. The van der Waals surface area contributed by atoms with Crippen molar-refractivity contribution in [2.24, 2.45) is 0 Å². The Labute approximate surface area is 177 Å². The minimum absolute atomic E-state index is 0.0257. The Morgan fingerprint density at radius 2 is 1.55 bits per heavy atom. The van der Waals surface area contributed by atoms with Crippen molar-refractivity contribution >= 4 is 27.1 Å². The molecule has 0 aliphatic heterocycles. The van der Waals surface area contributed by atoms with Crippen LogP contribution in [0.15, 0.2) is 82.6 Å². The lowest BCUT2D eigenvalue weighted by molar-refractivity contribution is -0.137. The third-order valence-electron chi connectivity index (χ3n) is 4.43. The van der Waals surface area contributed by atoms with Gasteiger partial charge in [-0.3, -0.25) is 4.79 Å². The molecule has 3 rings (SSSR count). The number of hydrogen-bond donors (Lipinski definition) is 2. The lowest BCUT2D eigenvalue weighted by atomic mass is 10.1. The summed E-state index contributed by atoms with van der Waals surface area (Å²) in [5.41, 5.74) is -0.466. The second-order valence-corrected chi connectivity index (χ2v) is 8.68. The van der Waals surface area contributed by atoms with Crippen molar-refractivity contribution in [1.29, 1.82) is 0 Å². The van der Waals surface area contributed by atoms with Gasteiger partial charge in [0, 0.05) is 0 Å². The molecule has 0 aromatic heterocycles. The molecule has 0 fully saturated rings. The lowest BCUT2D eigenvalue weighted by Crippen LogP contribution is -2.24. The highest BCUT2D eigenvalue weighted by molar-refractivity contribution is 7.91. The van der Waals surface area contributed by atoms with Gasteiger partial charge >= 0.3 is 6.18 Å². The first-order chi connectivity index (χ1) is 14.6. The van der Waals surface area contributed by atoms with E-state index < -0.39 is 34.0 Å². The number of rotatable bonds is 6. The number of sulfone groups is 1. The number of amides is 1. The average Bonchev–Trinajstić information content (AvgIpc) is 2.73. The Hall–Kier alpha value is -3.33. The van der Waals surface area contributed by atoms with Crippen LogP contribution in [0, 0.1) is 6.92 Å². The first kappa shape index (κ1) is 22.4. The van der Waals surface area contributed by atoms with E-state index in [2.05, 4.69) is 10.6 Å². The molecular weight excluding hydrogens is 429 g/mol. The zero-order chi connectivity index (χ0) is 22.6. The molecule has 0 heterocycles. The summed E-state index contributed by atoms with van der Waals surface area (Å²) in [4.78, 5) is 12.3. The van der Waals surface area contributed by atoms with E-state index >= 15 is 0 Å². The van der Waals surface area contributed by atoms with E-state index in [0.29, 0.717) is 5.56 Å². The van der Waals surface area contributed by atoms with Crippen LogP contribution in [0.2, 0.25) is 0 Å². The molecule has 5 nitrogen and oxygen atoms in total. The monoisotopic (exact) mass is 448 g/mol. The third kappa shape index (κ3) is 5.24. The van der Waals surface area contributed by atoms with Crippen LogP contribution in [-0.2, 0) is 20.8 Å². The van der Waals surface area contributed by atoms with Gasteiger partial charge in [0.05, 0.1) is 33.3 Å². The summed E-state index contributed by atoms with van der Waals surface area (Å²) in [6.45, 7) is 1.31. The summed E-state index contributed by atoms with van der Waals surface area (Å²) in [7, 11) is -3.87. The van der Waals surface area contributed by atoms with Gasteiger partial charge in [0.1, 0.15) is 0 Å². The lowest BCUT2D eigenvalue weighted by Gasteiger charge is -2.15. The summed E-state index contributed by atoms with van der Waals surface area (Å²) < 4.78 is 65.4. The summed E-state index contributed by atoms with van der Waals surface area (Å²) in [6, 6.07) is 17.1. The first-order valence-electron chi connectivity index (χ1n) is 9.20. The quantitative estimate of drug-likeness (QED) is 0.563. The van der Waals surface area contributed by atoms with E-state index in [1.165, 1.54) is 36.4 Å². The Morgan fingerprint density at radius 1 is 0.903 bits per heavy atom. The van der Waals surface area contributed by atoms with Crippen LogP contribution in [0.1, 0.15) is 11.1 Å². The highest BCUT2D eigenvalue weighted by atomic mass is 32.2. The van der Waals surface area contributed by atoms with Crippen molar-refractivity contribution < 1.29 is 26.4 Å². The average molecular weight is 448 g/mol. The van der Waals surface area contributed by atoms with Crippen molar-refractivity contribution in [3.63, 3.8) is 0 Å². The highest BCUT2D eigenvalue weighted by Gasteiger charge is 2.33. The van der Waals surface area contributed by atoms with Gasteiger partial charge in [-0.25, -0.2) is 8.42 Å². The topological polar surface area (TPSA) is 75.3 Å². The zero-order valence-electron chi connectivity index (χ0n) is 16.4. The molecule has 0 bridgehead atoms. The number of benzene rings is 3. The van der Waals surface area contributed by atoms with E-state index in [-0.39, 0.29) is 21.2 Å². The molecule has 162 valence electrons. The van der Waals surface area contributed by atoms with Crippen LogP contribution in [0.3, 0.4) is 0 Å². The molecule has 0 atom stereocenters. The van der Waals surface area contributed by atoms with Crippen molar-refractivity contribution in [3.05, 3.63) is 83.9 Å². The number of carbonyl (C=O) groups is 1. The predicted octanol–water partition coefficient (Wildman–Crippen LogP) is 4.90. The largest absolute Gasteiger partial charge is 0.418 e. The molecule has 31 heavy (non-hydrogen) atoms. The fraction of sp³-hybridized carbons (Fsp3) is 0.136. The SMILES string of the molecule is Cc1ccc(NCC(=O)Nc2ccccc2C(F)(F)F)c(S(=O)(=O)c2ccccc2)c1. The Balaban J connectivity index is 1.82. The molecule has 0 spiro atoms. The van der Waals surface area contributed by atoms with Crippen molar-refractivity contribution in [2.45, 2.75) is 22.9 Å². The van der Waals surface area contributed by atoms with Crippen molar-refractivity contribution in [3.8, 4) is 0 Å². The van der Waals surface area contributed by atoms with Gasteiger partial charge < -0.3 is 10.6 Å². The van der Waals surface area contributed by atoms with E-state index in [4.69, 9.17) is 0 Å². The molecule has 0 saturated heterocycles. The standard InChI is InChI=1S/C22H19F3N2O3S/c1-15-11-12-19(20(13-15)31(29,30)16-7-3-2-4-8-16)26-14-21(28)27-18-10-6-5-9-17(18)22(23,24)25/h2-13,26H,14H2,1H3,(H,27,28). The number of hydrogen-bond acceptors (Lipinski definition) is 4. The molecule has 0 aliphatic rings. The van der Waals surface area contributed by atoms with E-state index in [9.17, 15) is 26.4 Å². The summed E-state index contributed by atoms with van der Waals surface area (Å²) >= 11 is 0. The fourth-order valence-electron chi connectivity index (χ4n) is 2.93. The molecule has 9 heteroatoms. The number of para-hydroxylation sites is 1. The Morgan fingerprint density at radius 3 is 2.23 bits per heavy atom. The van der Waals surface area contributed by atoms with Crippen LogP contribution < -0.4 is 10.6 Å². The first-order valence-corrected chi connectivity index (χ1v) is 10.7.